The van der Waals surface area contributed by atoms with E-state index in [0.717, 1.165) is 6.08 Å². The molecule has 0 aliphatic heterocycles. The van der Waals surface area contributed by atoms with Gasteiger partial charge >= 0.3 is 11.9 Å². The molecule has 0 bridgehead atoms. The second-order valence-electron chi connectivity index (χ2n) is 3.86. The van der Waals surface area contributed by atoms with E-state index in [9.17, 15) is 14.0 Å². The molecule has 0 spiro atoms. The zero-order chi connectivity index (χ0) is 15.0. The van der Waals surface area contributed by atoms with Crippen LogP contribution in [0.5, 0.6) is 5.75 Å². The van der Waals surface area contributed by atoms with E-state index in [-0.39, 0.29) is 24.7 Å². The summed E-state index contributed by atoms with van der Waals surface area (Å²) < 4.78 is 23.4. The van der Waals surface area contributed by atoms with Crippen LogP contribution >= 0.6 is 0 Å². The van der Waals surface area contributed by atoms with Gasteiger partial charge in [0.05, 0.1) is 13.7 Å². The van der Waals surface area contributed by atoms with Gasteiger partial charge in [-0.1, -0.05) is 12.1 Å². The molecule has 0 radical (unpaired) electrons. The van der Waals surface area contributed by atoms with Crippen LogP contribution in [-0.2, 0) is 14.3 Å². The van der Waals surface area contributed by atoms with Crippen molar-refractivity contribution in [2.24, 2.45) is 0 Å². The topological polar surface area (TPSA) is 72.8 Å². The summed E-state index contributed by atoms with van der Waals surface area (Å²) in [6.45, 7) is 0.129. The number of hydrogen-bond donors (Lipinski definition) is 1. The standard InChI is InChI=1S/C14H15FO5/c1-19-13(18)6-3-9-20-14-10(7-8-12(16)17)4-2-5-11(14)15/h2,4-5,7-8H,3,6,9H2,1H3,(H,16,17)/b8-7+. The first-order valence-electron chi connectivity index (χ1n) is 5.93. The number of carboxylic acids is 1. The number of halogens is 1. The Morgan fingerprint density at radius 3 is 2.80 bits per heavy atom. The largest absolute Gasteiger partial charge is 0.490 e. The summed E-state index contributed by atoms with van der Waals surface area (Å²) in [5.41, 5.74) is 0.325. The molecule has 0 amide bonds. The first-order valence-corrected chi connectivity index (χ1v) is 5.93. The van der Waals surface area contributed by atoms with Gasteiger partial charge < -0.3 is 14.6 Å². The van der Waals surface area contributed by atoms with Crippen LogP contribution in [0.2, 0.25) is 0 Å². The number of carbonyl (C=O) groups excluding carboxylic acids is 1. The zero-order valence-electron chi connectivity index (χ0n) is 11.0. The van der Waals surface area contributed by atoms with Crippen molar-refractivity contribution in [3.8, 4) is 5.75 Å². The lowest BCUT2D eigenvalue weighted by Gasteiger charge is -2.09. The Bertz CT molecular complexity index is 510. The van der Waals surface area contributed by atoms with Crippen molar-refractivity contribution in [1.29, 1.82) is 0 Å². The maximum absolute atomic E-state index is 13.6. The summed E-state index contributed by atoms with van der Waals surface area (Å²) in [5, 5.41) is 8.56. The Kier molecular flexibility index (Phi) is 6.22. The summed E-state index contributed by atoms with van der Waals surface area (Å²) in [5.74, 6) is -2.12. The smallest absolute Gasteiger partial charge is 0.328 e. The van der Waals surface area contributed by atoms with Crippen molar-refractivity contribution < 1.29 is 28.6 Å². The molecule has 0 atom stereocenters. The van der Waals surface area contributed by atoms with Gasteiger partial charge in [-0.2, -0.15) is 0 Å². The van der Waals surface area contributed by atoms with Gasteiger partial charge in [0.2, 0.25) is 0 Å². The molecule has 108 valence electrons. The van der Waals surface area contributed by atoms with Gasteiger partial charge in [-0.05, 0) is 18.6 Å². The minimum Gasteiger partial charge on any atom is -0.490 e. The number of hydrogen-bond acceptors (Lipinski definition) is 4. The molecule has 0 saturated heterocycles. The third-order valence-corrected chi connectivity index (χ3v) is 2.40. The van der Waals surface area contributed by atoms with Crippen LogP contribution in [0.3, 0.4) is 0 Å². The van der Waals surface area contributed by atoms with E-state index in [4.69, 9.17) is 9.84 Å². The summed E-state index contributed by atoms with van der Waals surface area (Å²) >= 11 is 0. The Morgan fingerprint density at radius 1 is 1.40 bits per heavy atom. The average Bonchev–Trinajstić information content (AvgIpc) is 2.42. The number of ether oxygens (including phenoxy) is 2. The molecule has 0 aliphatic rings. The number of benzene rings is 1. The minimum atomic E-state index is -1.13. The van der Waals surface area contributed by atoms with Gasteiger partial charge in [-0.15, -0.1) is 0 Å². The number of esters is 1. The normalized spacial score (nSPS) is 10.5. The first-order chi connectivity index (χ1) is 9.54. The van der Waals surface area contributed by atoms with Gasteiger partial charge in [0.15, 0.2) is 11.6 Å². The fraction of sp³-hybridized carbons (Fsp3) is 0.286. The van der Waals surface area contributed by atoms with Crippen LogP contribution in [-0.4, -0.2) is 30.8 Å². The van der Waals surface area contributed by atoms with Crippen molar-refractivity contribution in [1.82, 2.24) is 0 Å². The van der Waals surface area contributed by atoms with E-state index in [0.29, 0.717) is 12.0 Å². The molecule has 1 rings (SSSR count). The summed E-state index contributed by atoms with van der Waals surface area (Å²) in [6.07, 6.45) is 2.70. The van der Waals surface area contributed by atoms with Crippen LogP contribution in [0.4, 0.5) is 4.39 Å². The van der Waals surface area contributed by atoms with Crippen LogP contribution in [0, 0.1) is 5.82 Å². The van der Waals surface area contributed by atoms with Gasteiger partial charge in [0.1, 0.15) is 0 Å². The Hall–Kier alpha value is -2.37. The maximum Gasteiger partial charge on any atom is 0.328 e. The highest BCUT2D eigenvalue weighted by Gasteiger charge is 2.08. The molecule has 1 aromatic rings. The number of carbonyl (C=O) groups is 2. The predicted molar refractivity (Wildman–Crippen MR) is 69.8 cm³/mol. The zero-order valence-corrected chi connectivity index (χ0v) is 11.0. The quantitative estimate of drug-likeness (QED) is 0.472. The highest BCUT2D eigenvalue weighted by atomic mass is 19.1. The Labute approximate surface area is 115 Å². The van der Waals surface area contributed by atoms with Crippen molar-refractivity contribution in [2.75, 3.05) is 13.7 Å². The van der Waals surface area contributed by atoms with Gasteiger partial charge in [-0.25, -0.2) is 9.18 Å². The maximum atomic E-state index is 13.6. The second kappa shape index (κ2) is 7.93. The van der Waals surface area contributed by atoms with E-state index >= 15 is 0 Å². The van der Waals surface area contributed by atoms with Crippen molar-refractivity contribution >= 4 is 18.0 Å². The molecule has 0 fully saturated rings. The number of rotatable bonds is 7. The number of aliphatic carboxylic acids is 1. The van der Waals surface area contributed by atoms with Crippen molar-refractivity contribution in [3.63, 3.8) is 0 Å². The molecule has 0 aromatic heterocycles. The minimum absolute atomic E-state index is 0.0325. The van der Waals surface area contributed by atoms with Gasteiger partial charge in [0, 0.05) is 18.1 Å². The second-order valence-corrected chi connectivity index (χ2v) is 3.86. The van der Waals surface area contributed by atoms with E-state index in [1.165, 1.54) is 31.4 Å². The van der Waals surface area contributed by atoms with Crippen LogP contribution < -0.4 is 4.74 Å². The molecule has 0 saturated carbocycles. The lowest BCUT2D eigenvalue weighted by atomic mass is 10.2. The first kappa shape index (κ1) is 15.7. The molecule has 1 aromatic carbocycles. The molecule has 6 heteroatoms. The number of methoxy groups -OCH3 is 1. The van der Waals surface area contributed by atoms with E-state index < -0.39 is 11.8 Å². The molecule has 1 N–H and O–H groups in total. The molecule has 5 nitrogen and oxygen atoms in total. The third-order valence-electron chi connectivity index (χ3n) is 2.40. The lowest BCUT2D eigenvalue weighted by Crippen LogP contribution is -2.06. The van der Waals surface area contributed by atoms with E-state index in [1.54, 1.807) is 0 Å². The van der Waals surface area contributed by atoms with Crippen molar-refractivity contribution in [2.45, 2.75) is 12.8 Å². The summed E-state index contributed by atoms with van der Waals surface area (Å²) in [6, 6.07) is 4.21. The van der Waals surface area contributed by atoms with E-state index in [1.807, 2.05) is 0 Å². The summed E-state index contributed by atoms with van der Waals surface area (Å²) in [4.78, 5) is 21.4. The SMILES string of the molecule is COC(=O)CCCOc1c(F)cccc1/C=C/C(=O)O. The average molecular weight is 282 g/mol. The Balaban J connectivity index is 2.68. The van der Waals surface area contributed by atoms with Crippen LogP contribution in [0.15, 0.2) is 24.3 Å². The Morgan fingerprint density at radius 2 is 2.15 bits per heavy atom. The predicted octanol–water partition coefficient (Wildman–Crippen LogP) is 2.26. The lowest BCUT2D eigenvalue weighted by molar-refractivity contribution is -0.140. The van der Waals surface area contributed by atoms with Gasteiger partial charge in [0.25, 0.3) is 0 Å². The molecule has 0 heterocycles. The monoisotopic (exact) mass is 282 g/mol. The highest BCUT2D eigenvalue weighted by molar-refractivity contribution is 5.85. The third kappa shape index (κ3) is 5.09. The number of carboxylic acid groups (broad SMARTS) is 1. The van der Waals surface area contributed by atoms with E-state index in [2.05, 4.69) is 4.74 Å². The summed E-state index contributed by atoms with van der Waals surface area (Å²) in [7, 11) is 1.29. The molecule has 0 unspecified atom stereocenters. The van der Waals surface area contributed by atoms with Crippen LogP contribution in [0.25, 0.3) is 6.08 Å². The fourth-order valence-electron chi connectivity index (χ4n) is 1.46. The van der Waals surface area contributed by atoms with Crippen molar-refractivity contribution in [3.05, 3.63) is 35.7 Å². The van der Waals surface area contributed by atoms with Crippen LogP contribution in [0.1, 0.15) is 18.4 Å². The molecule has 0 aliphatic carbocycles. The van der Waals surface area contributed by atoms with Gasteiger partial charge in [-0.3, -0.25) is 4.79 Å². The highest BCUT2D eigenvalue weighted by Crippen LogP contribution is 2.24. The molecular weight excluding hydrogens is 267 g/mol. The number of para-hydroxylation sites is 1. The fourth-order valence-corrected chi connectivity index (χ4v) is 1.46. The molecular formula is C14H15FO5. The molecule has 20 heavy (non-hydrogen) atoms.